The molecule has 0 bridgehead atoms. The molecule has 4 aromatic rings. The molecular formula is C33H32ClF3N6O2. The van der Waals surface area contributed by atoms with E-state index in [0.29, 0.717) is 42.5 Å². The molecule has 0 saturated carbocycles. The summed E-state index contributed by atoms with van der Waals surface area (Å²) in [6.45, 7) is 5.78. The second-order valence-corrected chi connectivity index (χ2v) is 12.0. The summed E-state index contributed by atoms with van der Waals surface area (Å²) in [7, 11) is 0. The zero-order chi connectivity index (χ0) is 31.9. The molecule has 1 aliphatic carbocycles. The molecule has 0 radical (unpaired) electrons. The van der Waals surface area contributed by atoms with Crippen LogP contribution in [-0.4, -0.2) is 67.3 Å². The SMILES string of the molecule is Cc1nccn1CC(C)(O)C1=Cc2cccnc2[C@@H](N2CCN(C(=O)Nc3ccc(C(F)(F)F)cc3)CC2)c2ccc(Cl)cc21. The van der Waals surface area contributed by atoms with Gasteiger partial charge >= 0.3 is 12.2 Å². The number of fused-ring (bicyclic) bond motifs is 2. The van der Waals surface area contributed by atoms with Gasteiger partial charge in [0.1, 0.15) is 11.4 Å². The Balaban J connectivity index is 1.27. The topological polar surface area (TPSA) is 86.5 Å². The molecule has 45 heavy (non-hydrogen) atoms. The largest absolute Gasteiger partial charge is 0.416 e. The summed E-state index contributed by atoms with van der Waals surface area (Å²) in [5.41, 5.74) is 2.39. The van der Waals surface area contributed by atoms with Crippen molar-refractivity contribution in [2.45, 2.75) is 38.2 Å². The number of benzene rings is 2. The Hall–Kier alpha value is -4.19. The Morgan fingerprint density at radius 1 is 1.04 bits per heavy atom. The summed E-state index contributed by atoms with van der Waals surface area (Å²) in [4.78, 5) is 26.1. The maximum absolute atomic E-state index is 13.0. The van der Waals surface area contributed by atoms with Crippen molar-refractivity contribution in [2.75, 3.05) is 31.5 Å². The Morgan fingerprint density at radius 3 is 2.44 bits per heavy atom. The average Bonchev–Trinajstić information content (AvgIpc) is 3.33. The number of nitrogens with one attached hydrogen (secondary N) is 1. The highest BCUT2D eigenvalue weighted by Gasteiger charge is 2.38. The summed E-state index contributed by atoms with van der Waals surface area (Å²) in [6, 6.07) is 13.3. The van der Waals surface area contributed by atoms with E-state index >= 15 is 0 Å². The van der Waals surface area contributed by atoms with Gasteiger partial charge < -0.3 is 19.9 Å². The molecule has 2 amide bonds. The molecule has 0 spiro atoms. The molecule has 2 aliphatic rings. The van der Waals surface area contributed by atoms with Gasteiger partial charge in [-0.2, -0.15) is 13.2 Å². The van der Waals surface area contributed by atoms with E-state index in [4.69, 9.17) is 16.6 Å². The highest BCUT2D eigenvalue weighted by molar-refractivity contribution is 6.30. The molecule has 1 fully saturated rings. The van der Waals surface area contributed by atoms with E-state index in [1.807, 2.05) is 54.1 Å². The predicted octanol–water partition coefficient (Wildman–Crippen LogP) is 6.50. The van der Waals surface area contributed by atoms with Crippen LogP contribution in [0, 0.1) is 6.92 Å². The lowest BCUT2D eigenvalue weighted by atomic mass is 9.85. The van der Waals surface area contributed by atoms with Gasteiger partial charge in [0, 0.05) is 55.5 Å². The lowest BCUT2D eigenvalue weighted by Crippen LogP contribution is -2.51. The highest BCUT2D eigenvalue weighted by Crippen LogP contribution is 2.44. The number of urea groups is 1. The molecular weight excluding hydrogens is 605 g/mol. The first kappa shape index (κ1) is 30.8. The normalized spacial score (nSPS) is 18.3. The summed E-state index contributed by atoms with van der Waals surface area (Å²) in [6.07, 6.45) is 2.83. The number of hydrogen-bond donors (Lipinski definition) is 2. The summed E-state index contributed by atoms with van der Waals surface area (Å²) < 4.78 is 40.7. The number of carbonyl (C=O) groups excluding carboxylic acids is 1. The van der Waals surface area contributed by atoms with Gasteiger partial charge in [0.05, 0.1) is 23.8 Å². The van der Waals surface area contributed by atoms with Crippen molar-refractivity contribution in [3.8, 4) is 0 Å². The van der Waals surface area contributed by atoms with Gasteiger partial charge in [0.15, 0.2) is 0 Å². The first-order valence-corrected chi connectivity index (χ1v) is 14.9. The molecule has 234 valence electrons. The maximum Gasteiger partial charge on any atom is 0.416 e. The summed E-state index contributed by atoms with van der Waals surface area (Å²) in [5.74, 6) is 0.788. The van der Waals surface area contributed by atoms with Crippen molar-refractivity contribution in [3.05, 3.63) is 112 Å². The molecule has 12 heteroatoms. The number of imidazole rings is 1. The fraction of sp³-hybridized carbons (Fsp3) is 0.303. The number of carbonyl (C=O) groups is 1. The van der Waals surface area contributed by atoms with Crippen LogP contribution < -0.4 is 5.32 Å². The number of piperazine rings is 1. The van der Waals surface area contributed by atoms with Crippen LogP contribution in [0.1, 0.15) is 46.7 Å². The third kappa shape index (κ3) is 6.33. The number of halogens is 4. The number of aliphatic hydroxyl groups is 1. The molecule has 2 atom stereocenters. The number of amides is 2. The Bertz CT molecular complexity index is 1740. The Morgan fingerprint density at radius 2 is 1.78 bits per heavy atom. The van der Waals surface area contributed by atoms with Crippen molar-refractivity contribution in [1.82, 2.24) is 24.3 Å². The van der Waals surface area contributed by atoms with E-state index in [9.17, 15) is 23.1 Å². The molecule has 2 aromatic carbocycles. The lowest BCUT2D eigenvalue weighted by molar-refractivity contribution is -0.137. The zero-order valence-corrected chi connectivity index (χ0v) is 25.5. The molecule has 8 nitrogen and oxygen atoms in total. The number of hydrogen-bond acceptors (Lipinski definition) is 5. The standard InChI is InChI=1S/C33H32ClF3N6O2/c1-21-38-12-13-43(21)20-32(2,45)28-18-22-4-3-11-39-29(22)30(26-10-7-24(34)19-27(26)28)41-14-16-42(17-15-41)31(44)40-25-8-5-23(6-9-25)33(35,36)37/h3-13,18-19,30,45H,14-17,20H2,1-2H3,(H,40,44)/t30-,32?/m0/s1. The fourth-order valence-corrected chi connectivity index (χ4v) is 6.26. The highest BCUT2D eigenvalue weighted by atomic mass is 35.5. The van der Waals surface area contributed by atoms with Crippen molar-refractivity contribution < 1.29 is 23.1 Å². The fourth-order valence-electron chi connectivity index (χ4n) is 6.09. The Kier molecular flexibility index (Phi) is 8.19. The third-order valence-electron chi connectivity index (χ3n) is 8.44. The quantitative estimate of drug-likeness (QED) is 0.261. The van der Waals surface area contributed by atoms with E-state index in [2.05, 4.69) is 15.2 Å². The number of anilines is 1. The van der Waals surface area contributed by atoms with Gasteiger partial charge in [-0.25, -0.2) is 9.78 Å². The van der Waals surface area contributed by atoms with Crippen molar-refractivity contribution in [3.63, 3.8) is 0 Å². The minimum atomic E-state index is -4.44. The van der Waals surface area contributed by atoms with Gasteiger partial charge in [-0.3, -0.25) is 9.88 Å². The predicted molar refractivity (Wildman–Crippen MR) is 167 cm³/mol. The van der Waals surface area contributed by atoms with Gasteiger partial charge in [-0.1, -0.05) is 23.7 Å². The van der Waals surface area contributed by atoms with Crippen LogP contribution >= 0.6 is 11.6 Å². The van der Waals surface area contributed by atoms with E-state index in [1.165, 1.54) is 12.1 Å². The van der Waals surface area contributed by atoms with E-state index in [1.54, 1.807) is 24.2 Å². The molecule has 2 aromatic heterocycles. The van der Waals surface area contributed by atoms with Gasteiger partial charge in [-0.15, -0.1) is 0 Å². The second-order valence-electron chi connectivity index (χ2n) is 11.6. The smallest absolute Gasteiger partial charge is 0.384 e. The minimum absolute atomic E-state index is 0.281. The van der Waals surface area contributed by atoms with Crippen LogP contribution in [0.2, 0.25) is 5.02 Å². The van der Waals surface area contributed by atoms with E-state index in [-0.39, 0.29) is 18.6 Å². The molecule has 1 unspecified atom stereocenters. The van der Waals surface area contributed by atoms with Crippen molar-refractivity contribution in [1.29, 1.82) is 0 Å². The van der Waals surface area contributed by atoms with E-state index in [0.717, 1.165) is 40.3 Å². The van der Waals surface area contributed by atoms with Gasteiger partial charge in [-0.05, 0) is 84.7 Å². The minimum Gasteiger partial charge on any atom is -0.384 e. The number of rotatable bonds is 5. The van der Waals surface area contributed by atoms with Crippen LogP contribution in [0.25, 0.3) is 11.6 Å². The molecule has 2 N–H and O–H groups in total. The first-order valence-electron chi connectivity index (χ1n) is 14.5. The van der Waals surface area contributed by atoms with Gasteiger partial charge in [0.2, 0.25) is 0 Å². The molecule has 3 heterocycles. The number of pyridine rings is 1. The molecule has 1 aliphatic heterocycles. The monoisotopic (exact) mass is 636 g/mol. The number of aryl methyl sites for hydroxylation is 1. The van der Waals surface area contributed by atoms with Gasteiger partial charge in [0.25, 0.3) is 0 Å². The van der Waals surface area contributed by atoms with E-state index < -0.39 is 17.3 Å². The van der Waals surface area contributed by atoms with Crippen molar-refractivity contribution >= 4 is 35.0 Å². The zero-order valence-electron chi connectivity index (χ0n) is 24.7. The second kappa shape index (κ2) is 12.0. The van der Waals surface area contributed by atoms with Crippen LogP contribution in [0.3, 0.4) is 0 Å². The van der Waals surface area contributed by atoms with Crippen LogP contribution in [0.5, 0.6) is 0 Å². The first-order chi connectivity index (χ1) is 21.4. The van der Waals surface area contributed by atoms with Crippen LogP contribution in [0.15, 0.2) is 73.2 Å². The number of nitrogens with zero attached hydrogens (tertiary/aromatic N) is 5. The van der Waals surface area contributed by atoms with Crippen LogP contribution in [-0.2, 0) is 12.7 Å². The Labute approximate surface area is 263 Å². The number of aromatic nitrogens is 3. The third-order valence-corrected chi connectivity index (χ3v) is 8.68. The summed E-state index contributed by atoms with van der Waals surface area (Å²) >= 11 is 6.55. The number of alkyl halides is 3. The van der Waals surface area contributed by atoms with Crippen molar-refractivity contribution in [2.24, 2.45) is 0 Å². The maximum atomic E-state index is 13.0. The summed E-state index contributed by atoms with van der Waals surface area (Å²) in [5, 5.41) is 15.2. The van der Waals surface area contributed by atoms with Crippen LogP contribution in [0.4, 0.5) is 23.7 Å². The molecule has 1 saturated heterocycles. The lowest BCUT2D eigenvalue weighted by Gasteiger charge is -2.40. The average molecular weight is 637 g/mol. The molecule has 6 rings (SSSR count).